The third-order valence-electron chi connectivity index (χ3n) is 4.33. The van der Waals surface area contributed by atoms with Gasteiger partial charge in [-0.3, -0.25) is 4.79 Å². The fraction of sp³-hybridized carbons (Fsp3) is 0.929. The normalized spacial score (nSPS) is 46.8. The Morgan fingerprint density at radius 2 is 1.65 bits per heavy atom. The Labute approximate surface area is 147 Å². The van der Waals surface area contributed by atoms with Gasteiger partial charge in [-0.05, 0) is 0 Å². The first-order chi connectivity index (χ1) is 12.2. The molecule has 2 saturated heterocycles. The van der Waals surface area contributed by atoms with Crippen LogP contribution in [-0.4, -0.2) is 111 Å². The highest BCUT2D eigenvalue weighted by molar-refractivity contribution is 5.73. The Kier molecular flexibility index (Phi) is 7.24. The number of aliphatic hydroxyl groups excluding tert-OH is 6. The Balaban J connectivity index is 2.21. The van der Waals surface area contributed by atoms with Gasteiger partial charge in [0.25, 0.3) is 0 Å². The summed E-state index contributed by atoms with van der Waals surface area (Å²) >= 11 is 0. The molecule has 2 fully saturated rings. The monoisotopic (exact) mass is 385 g/mol. The average Bonchev–Trinajstić information content (AvgIpc) is 2.60. The standard InChI is InChI=1S/C14H24FNO10/c1-4(19)16-8-12(7(15)5(2-17)24-13(8)23)26-14-11(22)10(21)9(20)6(3-18)25-14/h5-14,17-18,20-23H,2-3H2,1H3,(H,16,19)/t5-,6-,7-,8+,9+,10+,11-,12+,13+,14+/m1/s1. The largest absolute Gasteiger partial charge is 0.394 e. The van der Waals surface area contributed by atoms with Crippen molar-refractivity contribution in [3.05, 3.63) is 0 Å². The van der Waals surface area contributed by atoms with Crippen molar-refractivity contribution in [3.63, 3.8) is 0 Å². The van der Waals surface area contributed by atoms with E-state index in [1.165, 1.54) is 0 Å². The molecule has 152 valence electrons. The maximum absolute atomic E-state index is 14.7. The van der Waals surface area contributed by atoms with E-state index in [1.807, 2.05) is 0 Å². The predicted molar refractivity (Wildman–Crippen MR) is 79.1 cm³/mol. The molecular weight excluding hydrogens is 361 g/mol. The molecule has 0 spiro atoms. The molecule has 0 radical (unpaired) electrons. The van der Waals surface area contributed by atoms with Gasteiger partial charge in [0, 0.05) is 6.92 Å². The lowest BCUT2D eigenvalue weighted by Crippen LogP contribution is -2.66. The Hall–Kier alpha value is -0.960. The fourth-order valence-corrected chi connectivity index (χ4v) is 2.94. The summed E-state index contributed by atoms with van der Waals surface area (Å²) in [7, 11) is 0. The summed E-state index contributed by atoms with van der Waals surface area (Å²) in [5, 5.41) is 60.1. The van der Waals surface area contributed by atoms with Crippen molar-refractivity contribution in [1.29, 1.82) is 0 Å². The molecule has 2 aliphatic rings. The molecule has 0 aromatic heterocycles. The second-order valence-corrected chi connectivity index (χ2v) is 6.22. The van der Waals surface area contributed by atoms with Crippen LogP contribution in [-0.2, 0) is 19.0 Å². The number of carbonyl (C=O) groups excluding carboxylic acids is 1. The van der Waals surface area contributed by atoms with Crippen LogP contribution >= 0.6 is 0 Å². The lowest BCUT2D eigenvalue weighted by atomic mass is 9.96. The maximum Gasteiger partial charge on any atom is 0.217 e. The van der Waals surface area contributed by atoms with Crippen LogP contribution in [0.2, 0.25) is 0 Å². The molecule has 0 aliphatic carbocycles. The van der Waals surface area contributed by atoms with Crippen LogP contribution in [0, 0.1) is 0 Å². The van der Waals surface area contributed by atoms with E-state index in [9.17, 15) is 39.8 Å². The summed E-state index contributed by atoms with van der Waals surface area (Å²) in [6.07, 6.45) is -15.0. The quantitative estimate of drug-likeness (QED) is 0.245. The lowest BCUT2D eigenvalue weighted by molar-refractivity contribution is -0.336. The van der Waals surface area contributed by atoms with Crippen molar-refractivity contribution in [2.24, 2.45) is 0 Å². The number of hydrogen-bond donors (Lipinski definition) is 7. The molecule has 7 N–H and O–H groups in total. The van der Waals surface area contributed by atoms with E-state index in [2.05, 4.69) is 5.32 Å². The van der Waals surface area contributed by atoms with Crippen LogP contribution in [0.5, 0.6) is 0 Å². The van der Waals surface area contributed by atoms with Crippen molar-refractivity contribution in [3.8, 4) is 0 Å². The first-order valence-corrected chi connectivity index (χ1v) is 8.02. The molecule has 1 amide bonds. The first-order valence-electron chi connectivity index (χ1n) is 8.02. The van der Waals surface area contributed by atoms with Crippen molar-refractivity contribution in [2.45, 2.75) is 68.3 Å². The van der Waals surface area contributed by atoms with E-state index in [4.69, 9.17) is 14.2 Å². The minimum Gasteiger partial charge on any atom is -0.394 e. The number of ether oxygens (including phenoxy) is 3. The van der Waals surface area contributed by atoms with Crippen molar-refractivity contribution >= 4 is 5.91 Å². The van der Waals surface area contributed by atoms with Gasteiger partial charge in [0.05, 0.1) is 13.2 Å². The van der Waals surface area contributed by atoms with Crippen molar-refractivity contribution < 1.29 is 54.0 Å². The van der Waals surface area contributed by atoms with Crippen LogP contribution < -0.4 is 5.32 Å². The maximum atomic E-state index is 14.7. The van der Waals surface area contributed by atoms with E-state index in [0.717, 1.165) is 6.92 Å². The van der Waals surface area contributed by atoms with Gasteiger partial charge in [-0.15, -0.1) is 0 Å². The molecule has 0 aromatic rings. The molecule has 11 nitrogen and oxygen atoms in total. The van der Waals surface area contributed by atoms with Crippen LogP contribution in [0.3, 0.4) is 0 Å². The van der Waals surface area contributed by atoms with E-state index < -0.39 is 80.5 Å². The SMILES string of the molecule is CC(=O)N[C@H]1[C@@H](O[C@@H]2O[C@H](CO)[C@H](O)[C@H](O)[C@H]2O)[C@H](F)[C@@H](CO)O[C@@H]1O. The zero-order valence-electron chi connectivity index (χ0n) is 13.9. The number of alkyl halides is 1. The van der Waals surface area contributed by atoms with Gasteiger partial charge in [0.2, 0.25) is 5.91 Å². The molecule has 2 heterocycles. The minimum atomic E-state index is -2.03. The lowest BCUT2D eigenvalue weighted by Gasteiger charge is -2.45. The van der Waals surface area contributed by atoms with E-state index in [-0.39, 0.29) is 0 Å². The van der Waals surface area contributed by atoms with Crippen LogP contribution in [0.25, 0.3) is 0 Å². The topological polar surface area (TPSA) is 178 Å². The number of hydrogen-bond acceptors (Lipinski definition) is 10. The van der Waals surface area contributed by atoms with Gasteiger partial charge in [-0.25, -0.2) is 4.39 Å². The molecule has 0 aromatic carbocycles. The second kappa shape index (κ2) is 8.82. The summed E-state index contributed by atoms with van der Waals surface area (Å²) in [5.41, 5.74) is 0. The van der Waals surface area contributed by atoms with Gasteiger partial charge in [0.15, 0.2) is 18.8 Å². The molecule has 26 heavy (non-hydrogen) atoms. The highest BCUT2D eigenvalue weighted by atomic mass is 19.1. The van der Waals surface area contributed by atoms with Gasteiger partial charge >= 0.3 is 0 Å². The number of rotatable bonds is 5. The van der Waals surface area contributed by atoms with E-state index in [1.54, 1.807) is 0 Å². The summed E-state index contributed by atoms with van der Waals surface area (Å²) in [6.45, 7) is -0.392. The third-order valence-corrected chi connectivity index (χ3v) is 4.33. The van der Waals surface area contributed by atoms with Gasteiger partial charge in [-0.2, -0.15) is 0 Å². The molecule has 2 rings (SSSR count). The Morgan fingerprint density at radius 1 is 1.04 bits per heavy atom. The zero-order chi connectivity index (χ0) is 19.6. The molecule has 0 saturated carbocycles. The number of halogens is 1. The third kappa shape index (κ3) is 4.30. The molecule has 0 unspecified atom stereocenters. The van der Waals surface area contributed by atoms with E-state index in [0.29, 0.717) is 0 Å². The predicted octanol–water partition coefficient (Wildman–Crippen LogP) is -4.28. The van der Waals surface area contributed by atoms with Crippen LogP contribution in [0.4, 0.5) is 4.39 Å². The number of nitrogens with one attached hydrogen (secondary N) is 1. The Bertz CT molecular complexity index is 483. The highest BCUT2D eigenvalue weighted by Gasteiger charge is 2.51. The highest BCUT2D eigenvalue weighted by Crippen LogP contribution is 2.29. The summed E-state index contributed by atoms with van der Waals surface area (Å²) < 4.78 is 30.0. The molecule has 10 atom stereocenters. The van der Waals surface area contributed by atoms with Crippen LogP contribution in [0.15, 0.2) is 0 Å². The minimum absolute atomic E-state index is 0.630. The number of aliphatic hydroxyl groups is 6. The number of amides is 1. The molecule has 0 bridgehead atoms. The van der Waals surface area contributed by atoms with Gasteiger partial charge in [-0.1, -0.05) is 0 Å². The summed E-state index contributed by atoms with van der Waals surface area (Å²) in [6, 6.07) is -1.40. The smallest absolute Gasteiger partial charge is 0.217 e. The summed E-state index contributed by atoms with van der Waals surface area (Å²) in [5.74, 6) is -0.630. The summed E-state index contributed by atoms with van der Waals surface area (Å²) in [4.78, 5) is 11.3. The van der Waals surface area contributed by atoms with Crippen molar-refractivity contribution in [1.82, 2.24) is 5.32 Å². The van der Waals surface area contributed by atoms with Crippen molar-refractivity contribution in [2.75, 3.05) is 13.2 Å². The van der Waals surface area contributed by atoms with E-state index >= 15 is 0 Å². The average molecular weight is 385 g/mol. The Morgan fingerprint density at radius 3 is 2.19 bits per heavy atom. The fourth-order valence-electron chi connectivity index (χ4n) is 2.94. The molecule has 12 heteroatoms. The zero-order valence-corrected chi connectivity index (χ0v) is 13.9. The van der Waals surface area contributed by atoms with Gasteiger partial charge < -0.3 is 50.2 Å². The number of carbonyl (C=O) groups is 1. The first kappa shape index (κ1) is 21.3. The second-order valence-electron chi connectivity index (χ2n) is 6.22. The van der Waals surface area contributed by atoms with Gasteiger partial charge in [0.1, 0.15) is 42.7 Å². The molecule has 2 aliphatic heterocycles. The van der Waals surface area contributed by atoms with Crippen LogP contribution in [0.1, 0.15) is 6.92 Å². The molecular formula is C14H24FNO10.